The molecule has 1 aromatic carbocycles. The molecule has 1 rings (SSSR count). The first-order chi connectivity index (χ1) is 8.60. The normalized spacial score (nSPS) is 13.0. The van der Waals surface area contributed by atoms with E-state index in [2.05, 4.69) is 0 Å². The van der Waals surface area contributed by atoms with Gasteiger partial charge in [-0.2, -0.15) is 0 Å². The van der Waals surface area contributed by atoms with E-state index >= 15 is 0 Å². The van der Waals surface area contributed by atoms with E-state index in [1.54, 1.807) is 12.1 Å². The maximum Gasteiger partial charge on any atom is 0.183 e. The molecular weight excluding hydrogens is 275 g/mol. The van der Waals surface area contributed by atoms with Gasteiger partial charge in [-0.1, -0.05) is 35.3 Å². The molecule has 1 unspecified atom stereocenters. The summed E-state index contributed by atoms with van der Waals surface area (Å²) in [5.41, 5.74) is 0.779. The number of aliphatic hydroxyl groups excluding tert-OH is 1. The van der Waals surface area contributed by atoms with Crippen LogP contribution in [0, 0.1) is 0 Å². The number of hydrogen-bond acceptors (Lipinski definition) is 3. The Bertz CT molecular complexity index is 365. The molecule has 0 aliphatic rings. The van der Waals surface area contributed by atoms with Crippen LogP contribution in [0.3, 0.4) is 0 Å². The first kappa shape index (κ1) is 15.7. The zero-order chi connectivity index (χ0) is 13.5. The van der Waals surface area contributed by atoms with Crippen molar-refractivity contribution in [2.24, 2.45) is 0 Å². The van der Waals surface area contributed by atoms with Crippen LogP contribution >= 0.6 is 23.2 Å². The molecule has 0 aliphatic heterocycles. The highest BCUT2D eigenvalue weighted by atomic mass is 35.5. The van der Waals surface area contributed by atoms with Crippen molar-refractivity contribution in [1.29, 1.82) is 0 Å². The lowest BCUT2D eigenvalue weighted by molar-refractivity contribution is -0.188. The summed E-state index contributed by atoms with van der Waals surface area (Å²) in [4.78, 5) is 0. The van der Waals surface area contributed by atoms with Crippen LogP contribution in [-0.2, 0) is 15.9 Å². The molecule has 0 aromatic heterocycles. The van der Waals surface area contributed by atoms with Crippen molar-refractivity contribution in [3.63, 3.8) is 0 Å². The van der Waals surface area contributed by atoms with Crippen LogP contribution in [0.5, 0.6) is 0 Å². The molecule has 0 spiro atoms. The van der Waals surface area contributed by atoms with Crippen LogP contribution in [0.1, 0.15) is 19.4 Å². The Labute approximate surface area is 118 Å². The molecule has 1 aromatic rings. The molecule has 0 radical (unpaired) electrons. The van der Waals surface area contributed by atoms with E-state index in [0.717, 1.165) is 5.56 Å². The number of hydrogen-bond donors (Lipinski definition) is 1. The quantitative estimate of drug-likeness (QED) is 0.784. The third-order valence-electron chi connectivity index (χ3n) is 2.44. The van der Waals surface area contributed by atoms with Gasteiger partial charge in [0, 0.05) is 19.6 Å². The highest BCUT2D eigenvalue weighted by Gasteiger charge is 2.21. The summed E-state index contributed by atoms with van der Waals surface area (Å²) in [5.74, 6) is 0. The summed E-state index contributed by atoms with van der Waals surface area (Å²) in [5, 5.41) is 11.0. The predicted octanol–water partition coefficient (Wildman–Crippen LogP) is 3.30. The second-order valence-electron chi connectivity index (χ2n) is 3.76. The van der Waals surface area contributed by atoms with Gasteiger partial charge in [0.2, 0.25) is 0 Å². The summed E-state index contributed by atoms with van der Waals surface area (Å²) in [6.07, 6.45) is -1.08. The van der Waals surface area contributed by atoms with Gasteiger partial charge in [0.15, 0.2) is 6.29 Å². The van der Waals surface area contributed by atoms with Crippen molar-refractivity contribution in [2.45, 2.75) is 32.7 Å². The number of rotatable bonds is 7. The fourth-order valence-corrected chi connectivity index (χ4v) is 2.02. The minimum Gasteiger partial charge on any atom is -0.387 e. The summed E-state index contributed by atoms with van der Waals surface area (Å²) in [6, 6.07) is 5.33. The maximum atomic E-state index is 10.1. The Hall–Kier alpha value is -0.320. The van der Waals surface area contributed by atoms with Gasteiger partial charge in [-0.05, 0) is 25.5 Å². The summed E-state index contributed by atoms with van der Waals surface area (Å²) >= 11 is 12.0. The lowest BCUT2D eigenvalue weighted by Crippen LogP contribution is -2.33. The van der Waals surface area contributed by atoms with Gasteiger partial charge in [0.25, 0.3) is 0 Å². The predicted molar refractivity (Wildman–Crippen MR) is 73.2 cm³/mol. The topological polar surface area (TPSA) is 38.7 Å². The lowest BCUT2D eigenvalue weighted by Gasteiger charge is -2.23. The Balaban J connectivity index is 2.72. The van der Waals surface area contributed by atoms with E-state index in [-0.39, 0.29) is 0 Å². The largest absolute Gasteiger partial charge is 0.387 e. The van der Waals surface area contributed by atoms with Crippen molar-refractivity contribution in [1.82, 2.24) is 0 Å². The van der Waals surface area contributed by atoms with Crippen molar-refractivity contribution >= 4 is 23.2 Å². The fraction of sp³-hybridized carbons (Fsp3) is 0.538. The Morgan fingerprint density at radius 1 is 1.17 bits per heavy atom. The third-order valence-corrected chi connectivity index (χ3v) is 3.29. The zero-order valence-corrected chi connectivity index (χ0v) is 12.0. The molecule has 0 aliphatic carbocycles. The van der Waals surface area contributed by atoms with Gasteiger partial charge < -0.3 is 14.6 Å². The molecular formula is C13H18Cl2O3. The minimum atomic E-state index is -0.777. The molecule has 3 nitrogen and oxygen atoms in total. The highest BCUT2D eigenvalue weighted by Crippen LogP contribution is 2.27. The third kappa shape index (κ3) is 4.41. The molecule has 102 valence electrons. The monoisotopic (exact) mass is 292 g/mol. The van der Waals surface area contributed by atoms with E-state index in [4.69, 9.17) is 32.7 Å². The standard InChI is InChI=1S/C13H18Cl2O3/c1-3-17-13(18-4-2)11(16)8-9-6-5-7-10(14)12(9)15/h5-7,11,13,16H,3-4,8H2,1-2H3. The first-order valence-electron chi connectivity index (χ1n) is 5.94. The van der Waals surface area contributed by atoms with Crippen LogP contribution < -0.4 is 0 Å². The molecule has 0 bridgehead atoms. The molecule has 0 heterocycles. The molecule has 5 heteroatoms. The summed E-state index contributed by atoms with van der Waals surface area (Å²) in [7, 11) is 0. The van der Waals surface area contributed by atoms with Crippen LogP contribution in [0.4, 0.5) is 0 Å². The van der Waals surface area contributed by atoms with Crippen molar-refractivity contribution in [2.75, 3.05) is 13.2 Å². The smallest absolute Gasteiger partial charge is 0.183 e. The number of benzene rings is 1. The number of ether oxygens (including phenoxy) is 2. The van der Waals surface area contributed by atoms with E-state index in [0.29, 0.717) is 29.7 Å². The van der Waals surface area contributed by atoms with Crippen LogP contribution in [0.15, 0.2) is 18.2 Å². The molecule has 0 fully saturated rings. The lowest BCUT2D eigenvalue weighted by atomic mass is 10.1. The Morgan fingerprint density at radius 3 is 2.33 bits per heavy atom. The fourth-order valence-electron chi connectivity index (χ4n) is 1.63. The van der Waals surface area contributed by atoms with Gasteiger partial charge in [-0.15, -0.1) is 0 Å². The summed E-state index contributed by atoms with van der Waals surface area (Å²) in [6.45, 7) is 4.66. The van der Waals surface area contributed by atoms with E-state index in [9.17, 15) is 5.11 Å². The number of aliphatic hydroxyl groups is 1. The van der Waals surface area contributed by atoms with Gasteiger partial charge in [0.1, 0.15) is 6.10 Å². The Kier molecular flexibility index (Phi) is 6.97. The second-order valence-corrected chi connectivity index (χ2v) is 4.55. The average molecular weight is 293 g/mol. The van der Waals surface area contributed by atoms with Gasteiger partial charge in [0.05, 0.1) is 10.0 Å². The SMILES string of the molecule is CCOC(OCC)C(O)Cc1cccc(Cl)c1Cl. The molecule has 18 heavy (non-hydrogen) atoms. The van der Waals surface area contributed by atoms with Gasteiger partial charge >= 0.3 is 0 Å². The highest BCUT2D eigenvalue weighted by molar-refractivity contribution is 6.42. The van der Waals surface area contributed by atoms with E-state index in [1.807, 2.05) is 19.9 Å². The van der Waals surface area contributed by atoms with E-state index < -0.39 is 12.4 Å². The second kappa shape index (κ2) is 7.97. The Morgan fingerprint density at radius 2 is 1.78 bits per heavy atom. The molecule has 1 N–H and O–H groups in total. The molecule has 0 saturated carbocycles. The van der Waals surface area contributed by atoms with Crippen LogP contribution in [0.2, 0.25) is 10.0 Å². The summed E-state index contributed by atoms with van der Waals surface area (Å²) < 4.78 is 10.7. The van der Waals surface area contributed by atoms with Gasteiger partial charge in [-0.25, -0.2) is 0 Å². The number of halogens is 2. The first-order valence-corrected chi connectivity index (χ1v) is 6.69. The molecule has 1 atom stereocenters. The zero-order valence-electron chi connectivity index (χ0n) is 10.5. The van der Waals surface area contributed by atoms with Gasteiger partial charge in [-0.3, -0.25) is 0 Å². The van der Waals surface area contributed by atoms with Crippen LogP contribution in [-0.4, -0.2) is 30.7 Å². The average Bonchev–Trinajstić information content (AvgIpc) is 2.34. The van der Waals surface area contributed by atoms with Crippen molar-refractivity contribution < 1.29 is 14.6 Å². The van der Waals surface area contributed by atoms with E-state index in [1.165, 1.54) is 0 Å². The van der Waals surface area contributed by atoms with Crippen LogP contribution in [0.25, 0.3) is 0 Å². The van der Waals surface area contributed by atoms with Crippen molar-refractivity contribution in [3.05, 3.63) is 33.8 Å². The maximum absolute atomic E-state index is 10.1. The minimum absolute atomic E-state index is 0.337. The molecule has 0 amide bonds. The van der Waals surface area contributed by atoms with Crippen molar-refractivity contribution in [3.8, 4) is 0 Å². The molecule has 0 saturated heterocycles.